The van der Waals surface area contributed by atoms with Crippen LogP contribution in [0.4, 0.5) is 0 Å². The van der Waals surface area contributed by atoms with Crippen LogP contribution in [-0.4, -0.2) is 7.11 Å². The highest BCUT2D eigenvalue weighted by Gasteiger charge is 2.00. The molecule has 0 aliphatic carbocycles. The number of nitrogens with zero attached hydrogens (tertiary/aromatic N) is 1. The van der Waals surface area contributed by atoms with E-state index in [2.05, 4.69) is 0 Å². The summed E-state index contributed by atoms with van der Waals surface area (Å²) in [6.07, 6.45) is 3.99. The molecule has 62 valence electrons. The number of aromatic nitrogens is 1. The van der Waals surface area contributed by atoms with Gasteiger partial charge in [0.05, 0.1) is 12.7 Å². The predicted octanol–water partition coefficient (Wildman–Crippen LogP) is -2.17. The van der Waals surface area contributed by atoms with E-state index in [1.54, 1.807) is 7.11 Å². The number of rotatable bonds is 1. The summed E-state index contributed by atoms with van der Waals surface area (Å²) in [5.74, 6) is 0.943. The second-order valence-electron chi connectivity index (χ2n) is 2.36. The molecule has 0 fully saturated rings. The van der Waals surface area contributed by atoms with Crippen LogP contribution in [0.25, 0.3) is 0 Å². The molecule has 0 radical (unpaired) electrons. The van der Waals surface area contributed by atoms with Gasteiger partial charge in [-0.2, -0.15) is 0 Å². The van der Waals surface area contributed by atoms with Crippen molar-refractivity contribution >= 4 is 0 Å². The fourth-order valence-corrected chi connectivity index (χ4v) is 0.958. The van der Waals surface area contributed by atoms with Gasteiger partial charge in [-0.25, -0.2) is 4.57 Å². The summed E-state index contributed by atoms with van der Waals surface area (Å²) in [6.45, 7) is 2.03. The Morgan fingerprint density at radius 3 is 2.55 bits per heavy atom. The van der Waals surface area contributed by atoms with Crippen LogP contribution >= 0.6 is 0 Å². The standard InChI is InChI=1S/C8H12NO.HI/c1-7-6-9(2)5-4-8(7)10-3;/h4-6H,1-3H3;1H/q+1;/p-1. The molecule has 0 saturated heterocycles. The van der Waals surface area contributed by atoms with Gasteiger partial charge in [-0.1, -0.05) is 0 Å². The number of hydrogen-bond donors (Lipinski definition) is 0. The van der Waals surface area contributed by atoms with Gasteiger partial charge in [0.1, 0.15) is 12.8 Å². The van der Waals surface area contributed by atoms with E-state index in [9.17, 15) is 0 Å². The van der Waals surface area contributed by atoms with Crippen molar-refractivity contribution in [2.24, 2.45) is 7.05 Å². The van der Waals surface area contributed by atoms with Gasteiger partial charge in [0, 0.05) is 6.07 Å². The molecule has 0 aliphatic rings. The molecular formula is C8H12INO. The van der Waals surface area contributed by atoms with Gasteiger partial charge >= 0.3 is 0 Å². The van der Waals surface area contributed by atoms with Crippen LogP contribution in [0.5, 0.6) is 5.75 Å². The minimum Gasteiger partial charge on any atom is -1.00 e. The van der Waals surface area contributed by atoms with Crippen LogP contribution in [0.2, 0.25) is 0 Å². The molecule has 0 unspecified atom stereocenters. The number of pyridine rings is 1. The summed E-state index contributed by atoms with van der Waals surface area (Å²) < 4.78 is 7.08. The summed E-state index contributed by atoms with van der Waals surface area (Å²) in [6, 6.07) is 1.95. The minimum atomic E-state index is 0. The maximum absolute atomic E-state index is 5.09. The van der Waals surface area contributed by atoms with Gasteiger partial charge in [0.25, 0.3) is 0 Å². The highest BCUT2D eigenvalue weighted by Crippen LogP contribution is 2.11. The lowest BCUT2D eigenvalue weighted by Crippen LogP contribution is -3.00. The number of halogens is 1. The number of ether oxygens (including phenoxy) is 1. The summed E-state index contributed by atoms with van der Waals surface area (Å²) in [5, 5.41) is 0. The van der Waals surface area contributed by atoms with Crippen LogP contribution in [0, 0.1) is 6.92 Å². The first-order chi connectivity index (χ1) is 4.74. The Morgan fingerprint density at radius 2 is 2.09 bits per heavy atom. The molecule has 3 heteroatoms. The van der Waals surface area contributed by atoms with E-state index in [-0.39, 0.29) is 24.0 Å². The van der Waals surface area contributed by atoms with Gasteiger partial charge in [0.2, 0.25) is 0 Å². The summed E-state index contributed by atoms with van der Waals surface area (Å²) in [5.41, 5.74) is 1.16. The third-order valence-electron chi connectivity index (χ3n) is 1.47. The highest BCUT2D eigenvalue weighted by molar-refractivity contribution is 5.26. The molecular weight excluding hydrogens is 253 g/mol. The molecule has 0 aromatic carbocycles. The van der Waals surface area contributed by atoms with E-state index in [1.165, 1.54) is 0 Å². The van der Waals surface area contributed by atoms with Crippen molar-refractivity contribution in [1.29, 1.82) is 0 Å². The Balaban J connectivity index is 0.000001000. The smallest absolute Gasteiger partial charge is 0.175 e. The minimum absolute atomic E-state index is 0. The van der Waals surface area contributed by atoms with Crippen LogP contribution < -0.4 is 33.3 Å². The van der Waals surface area contributed by atoms with E-state index < -0.39 is 0 Å². The maximum Gasteiger partial charge on any atom is 0.175 e. The monoisotopic (exact) mass is 265 g/mol. The molecule has 11 heavy (non-hydrogen) atoms. The van der Waals surface area contributed by atoms with Crippen molar-refractivity contribution < 1.29 is 33.3 Å². The zero-order valence-corrected chi connectivity index (χ0v) is 9.12. The quantitative estimate of drug-likeness (QED) is 0.416. The van der Waals surface area contributed by atoms with E-state index in [0.29, 0.717) is 0 Å². The zero-order chi connectivity index (χ0) is 7.56. The molecule has 1 aromatic rings. The van der Waals surface area contributed by atoms with Gasteiger partial charge < -0.3 is 28.7 Å². The van der Waals surface area contributed by atoms with Gasteiger partial charge in [0.15, 0.2) is 12.4 Å². The second-order valence-corrected chi connectivity index (χ2v) is 2.36. The van der Waals surface area contributed by atoms with Gasteiger partial charge in [-0.3, -0.25) is 0 Å². The predicted molar refractivity (Wildman–Crippen MR) is 38.9 cm³/mol. The highest BCUT2D eigenvalue weighted by atomic mass is 127. The van der Waals surface area contributed by atoms with Crippen molar-refractivity contribution in [2.75, 3.05) is 7.11 Å². The second kappa shape index (κ2) is 4.54. The normalized spacial score (nSPS) is 8.64. The topological polar surface area (TPSA) is 13.1 Å². The molecule has 2 nitrogen and oxygen atoms in total. The Hall–Kier alpha value is -0.320. The van der Waals surface area contributed by atoms with Crippen LogP contribution in [-0.2, 0) is 7.05 Å². The molecule has 0 spiro atoms. The Morgan fingerprint density at radius 1 is 1.45 bits per heavy atom. The summed E-state index contributed by atoms with van der Waals surface area (Å²) >= 11 is 0. The lowest BCUT2D eigenvalue weighted by atomic mass is 10.3. The van der Waals surface area contributed by atoms with Crippen molar-refractivity contribution in [3.63, 3.8) is 0 Å². The zero-order valence-electron chi connectivity index (χ0n) is 6.97. The fourth-order valence-electron chi connectivity index (χ4n) is 0.958. The van der Waals surface area contributed by atoms with Crippen LogP contribution in [0.1, 0.15) is 5.56 Å². The largest absolute Gasteiger partial charge is 1.00 e. The SMILES string of the molecule is COc1cc[n+](C)cc1C.[I-]. The summed E-state index contributed by atoms with van der Waals surface area (Å²) in [7, 11) is 3.68. The number of methoxy groups -OCH3 is 1. The van der Waals surface area contributed by atoms with E-state index in [1.807, 2.05) is 37.0 Å². The van der Waals surface area contributed by atoms with Crippen molar-refractivity contribution in [2.45, 2.75) is 6.92 Å². The third kappa shape index (κ3) is 2.65. The molecule has 0 aliphatic heterocycles. The lowest BCUT2D eigenvalue weighted by Gasteiger charge is -1.99. The first-order valence-electron chi connectivity index (χ1n) is 3.24. The Kier molecular flexibility index (Phi) is 4.40. The van der Waals surface area contributed by atoms with E-state index in [0.717, 1.165) is 11.3 Å². The van der Waals surface area contributed by atoms with Crippen LogP contribution in [0.15, 0.2) is 18.5 Å². The molecule has 0 N–H and O–H groups in total. The summed E-state index contributed by atoms with van der Waals surface area (Å²) in [4.78, 5) is 0. The van der Waals surface area contributed by atoms with Gasteiger partial charge in [-0.05, 0) is 6.92 Å². The third-order valence-corrected chi connectivity index (χ3v) is 1.47. The van der Waals surface area contributed by atoms with Crippen molar-refractivity contribution in [3.05, 3.63) is 24.0 Å². The fraction of sp³-hybridized carbons (Fsp3) is 0.375. The van der Waals surface area contributed by atoms with Crippen LogP contribution in [0.3, 0.4) is 0 Å². The van der Waals surface area contributed by atoms with Gasteiger partial charge in [-0.15, -0.1) is 0 Å². The van der Waals surface area contributed by atoms with Crippen molar-refractivity contribution in [1.82, 2.24) is 0 Å². The molecule has 0 bridgehead atoms. The Labute approximate surface area is 84.2 Å². The number of aryl methyl sites for hydroxylation is 2. The first-order valence-corrected chi connectivity index (χ1v) is 3.24. The molecule has 1 heterocycles. The average molecular weight is 265 g/mol. The molecule has 0 amide bonds. The lowest BCUT2D eigenvalue weighted by molar-refractivity contribution is -0.671. The van der Waals surface area contributed by atoms with E-state index >= 15 is 0 Å². The van der Waals surface area contributed by atoms with E-state index in [4.69, 9.17) is 4.74 Å². The average Bonchev–Trinajstić information content (AvgIpc) is 1.88. The molecule has 1 rings (SSSR count). The number of hydrogen-bond acceptors (Lipinski definition) is 1. The van der Waals surface area contributed by atoms with Crippen molar-refractivity contribution in [3.8, 4) is 5.75 Å². The maximum atomic E-state index is 5.09. The molecule has 0 atom stereocenters. The molecule has 0 saturated carbocycles. The Bertz CT molecular complexity index is 238. The first kappa shape index (κ1) is 10.7. The molecule has 1 aromatic heterocycles.